The lowest BCUT2D eigenvalue weighted by Gasteiger charge is -2.06. The predicted octanol–water partition coefficient (Wildman–Crippen LogP) is 3.58. The molecular formula is C10H9BrClN3. The van der Waals surface area contributed by atoms with Gasteiger partial charge in [-0.15, -0.1) is 0 Å². The molecule has 1 aromatic heterocycles. The number of aryl methyl sites for hydroxylation is 1. The first-order valence-corrected chi connectivity index (χ1v) is 5.53. The summed E-state index contributed by atoms with van der Waals surface area (Å²) in [6, 6.07) is 5.65. The molecule has 1 heterocycles. The molecular weight excluding hydrogens is 277 g/mol. The quantitative estimate of drug-likeness (QED) is 0.914. The fourth-order valence-electron chi connectivity index (χ4n) is 1.19. The molecule has 0 bridgehead atoms. The molecule has 0 atom stereocenters. The third-order valence-electron chi connectivity index (χ3n) is 2.00. The van der Waals surface area contributed by atoms with E-state index < -0.39 is 0 Å². The predicted molar refractivity (Wildman–Crippen MR) is 65.6 cm³/mol. The van der Waals surface area contributed by atoms with Crippen LogP contribution in [-0.2, 0) is 7.05 Å². The summed E-state index contributed by atoms with van der Waals surface area (Å²) in [6.45, 7) is 0. The van der Waals surface area contributed by atoms with Gasteiger partial charge in [-0.25, -0.2) is 4.98 Å². The molecule has 0 spiro atoms. The van der Waals surface area contributed by atoms with E-state index in [9.17, 15) is 0 Å². The molecule has 1 N–H and O–H groups in total. The van der Waals surface area contributed by atoms with Gasteiger partial charge in [0, 0.05) is 29.6 Å². The van der Waals surface area contributed by atoms with Crippen LogP contribution in [0.4, 0.5) is 11.6 Å². The maximum absolute atomic E-state index is 5.90. The Labute approximate surface area is 101 Å². The van der Waals surface area contributed by atoms with Crippen molar-refractivity contribution in [1.29, 1.82) is 0 Å². The van der Waals surface area contributed by atoms with Gasteiger partial charge in [0.05, 0.1) is 5.02 Å². The summed E-state index contributed by atoms with van der Waals surface area (Å²) in [5.41, 5.74) is 0.945. The van der Waals surface area contributed by atoms with Crippen molar-refractivity contribution in [3.8, 4) is 0 Å². The van der Waals surface area contributed by atoms with E-state index in [2.05, 4.69) is 26.2 Å². The molecule has 3 nitrogen and oxygen atoms in total. The summed E-state index contributed by atoms with van der Waals surface area (Å²) >= 11 is 9.27. The van der Waals surface area contributed by atoms with Gasteiger partial charge in [-0.1, -0.05) is 11.6 Å². The molecule has 0 saturated heterocycles. The van der Waals surface area contributed by atoms with Crippen LogP contribution in [0.5, 0.6) is 0 Å². The number of halogens is 2. The minimum Gasteiger partial charge on any atom is -0.326 e. The number of imidazole rings is 1. The maximum Gasteiger partial charge on any atom is 0.207 e. The highest BCUT2D eigenvalue weighted by Gasteiger charge is 2.02. The van der Waals surface area contributed by atoms with Gasteiger partial charge in [0.15, 0.2) is 0 Å². The number of nitrogens with one attached hydrogen (secondary N) is 1. The van der Waals surface area contributed by atoms with E-state index >= 15 is 0 Å². The van der Waals surface area contributed by atoms with E-state index in [1.165, 1.54) is 0 Å². The van der Waals surface area contributed by atoms with Gasteiger partial charge >= 0.3 is 0 Å². The molecule has 2 aromatic rings. The number of anilines is 2. The first-order chi connectivity index (χ1) is 7.16. The number of rotatable bonds is 2. The topological polar surface area (TPSA) is 29.9 Å². The van der Waals surface area contributed by atoms with E-state index in [0.717, 1.165) is 16.1 Å². The highest BCUT2D eigenvalue weighted by molar-refractivity contribution is 9.10. The molecule has 1 aromatic carbocycles. The van der Waals surface area contributed by atoms with Gasteiger partial charge in [-0.05, 0) is 34.1 Å². The molecule has 0 aliphatic rings. The number of benzene rings is 1. The molecule has 78 valence electrons. The van der Waals surface area contributed by atoms with Crippen molar-refractivity contribution >= 4 is 39.2 Å². The van der Waals surface area contributed by atoms with Crippen LogP contribution in [0, 0.1) is 0 Å². The fourth-order valence-corrected chi connectivity index (χ4v) is 1.69. The SMILES string of the molecule is Cn1ccnc1Nc1ccc(Cl)c(Br)c1. The van der Waals surface area contributed by atoms with Gasteiger partial charge < -0.3 is 9.88 Å². The molecule has 5 heteroatoms. The third kappa shape index (κ3) is 2.33. The van der Waals surface area contributed by atoms with E-state index in [0.29, 0.717) is 5.02 Å². The van der Waals surface area contributed by atoms with Crippen LogP contribution in [0.3, 0.4) is 0 Å². The Hall–Kier alpha value is -1.000. The van der Waals surface area contributed by atoms with Crippen LogP contribution in [0.15, 0.2) is 35.1 Å². The minimum atomic E-state index is 0.695. The largest absolute Gasteiger partial charge is 0.326 e. The molecule has 0 saturated carbocycles. The van der Waals surface area contributed by atoms with E-state index in [1.54, 1.807) is 6.20 Å². The Kier molecular flexibility index (Phi) is 2.98. The number of aromatic nitrogens is 2. The Morgan fingerprint density at radius 3 is 2.87 bits per heavy atom. The Bertz CT molecular complexity index is 481. The monoisotopic (exact) mass is 285 g/mol. The number of nitrogens with zero attached hydrogens (tertiary/aromatic N) is 2. The summed E-state index contributed by atoms with van der Waals surface area (Å²) in [4.78, 5) is 4.17. The van der Waals surface area contributed by atoms with Crippen molar-refractivity contribution in [2.45, 2.75) is 0 Å². The highest BCUT2D eigenvalue weighted by atomic mass is 79.9. The van der Waals surface area contributed by atoms with E-state index in [1.807, 2.05) is 36.0 Å². The average molecular weight is 287 g/mol. The lowest BCUT2D eigenvalue weighted by atomic mass is 10.3. The van der Waals surface area contributed by atoms with Crippen molar-refractivity contribution < 1.29 is 0 Å². The number of hydrogen-bond donors (Lipinski definition) is 1. The minimum absolute atomic E-state index is 0.695. The lowest BCUT2D eigenvalue weighted by Crippen LogP contribution is -1.98. The van der Waals surface area contributed by atoms with Crippen LogP contribution in [-0.4, -0.2) is 9.55 Å². The summed E-state index contributed by atoms with van der Waals surface area (Å²) in [7, 11) is 1.93. The first-order valence-electron chi connectivity index (χ1n) is 4.36. The lowest BCUT2D eigenvalue weighted by molar-refractivity contribution is 0.924. The van der Waals surface area contributed by atoms with Gasteiger partial charge in [-0.2, -0.15) is 0 Å². The molecule has 0 aliphatic carbocycles. The van der Waals surface area contributed by atoms with Crippen LogP contribution in [0.25, 0.3) is 0 Å². The molecule has 0 amide bonds. The van der Waals surface area contributed by atoms with Crippen LogP contribution < -0.4 is 5.32 Å². The Morgan fingerprint density at radius 2 is 2.27 bits per heavy atom. The molecule has 0 aliphatic heterocycles. The van der Waals surface area contributed by atoms with Crippen molar-refractivity contribution in [2.24, 2.45) is 7.05 Å². The van der Waals surface area contributed by atoms with Crippen molar-refractivity contribution in [1.82, 2.24) is 9.55 Å². The zero-order chi connectivity index (χ0) is 10.8. The van der Waals surface area contributed by atoms with Crippen LogP contribution in [0.1, 0.15) is 0 Å². The molecule has 2 rings (SSSR count). The van der Waals surface area contributed by atoms with Crippen molar-refractivity contribution in [3.05, 3.63) is 40.1 Å². The Morgan fingerprint density at radius 1 is 1.47 bits per heavy atom. The van der Waals surface area contributed by atoms with Crippen molar-refractivity contribution in [3.63, 3.8) is 0 Å². The molecule has 15 heavy (non-hydrogen) atoms. The smallest absolute Gasteiger partial charge is 0.207 e. The van der Waals surface area contributed by atoms with E-state index in [4.69, 9.17) is 11.6 Å². The zero-order valence-corrected chi connectivity index (χ0v) is 10.4. The van der Waals surface area contributed by atoms with Gasteiger partial charge in [0.25, 0.3) is 0 Å². The molecule has 0 radical (unpaired) electrons. The van der Waals surface area contributed by atoms with Crippen LogP contribution in [0.2, 0.25) is 5.02 Å². The Balaban J connectivity index is 2.25. The van der Waals surface area contributed by atoms with Gasteiger partial charge in [0.2, 0.25) is 5.95 Å². The second kappa shape index (κ2) is 4.24. The molecule has 0 fully saturated rings. The first kappa shape index (κ1) is 10.5. The average Bonchev–Trinajstić information content (AvgIpc) is 2.59. The normalized spacial score (nSPS) is 10.3. The molecule has 0 unspecified atom stereocenters. The highest BCUT2D eigenvalue weighted by Crippen LogP contribution is 2.26. The third-order valence-corrected chi connectivity index (χ3v) is 3.21. The van der Waals surface area contributed by atoms with Crippen LogP contribution >= 0.6 is 27.5 Å². The number of hydrogen-bond acceptors (Lipinski definition) is 2. The van der Waals surface area contributed by atoms with Crippen molar-refractivity contribution in [2.75, 3.05) is 5.32 Å². The summed E-state index contributed by atoms with van der Waals surface area (Å²) < 4.78 is 2.77. The fraction of sp³-hybridized carbons (Fsp3) is 0.100. The summed E-state index contributed by atoms with van der Waals surface area (Å²) in [5.74, 6) is 0.796. The summed E-state index contributed by atoms with van der Waals surface area (Å²) in [6.07, 6.45) is 3.63. The second-order valence-electron chi connectivity index (χ2n) is 3.12. The van der Waals surface area contributed by atoms with Gasteiger partial charge in [0.1, 0.15) is 0 Å². The zero-order valence-electron chi connectivity index (χ0n) is 8.04. The second-order valence-corrected chi connectivity index (χ2v) is 4.38. The van der Waals surface area contributed by atoms with E-state index in [-0.39, 0.29) is 0 Å². The summed E-state index contributed by atoms with van der Waals surface area (Å²) in [5, 5.41) is 3.88. The van der Waals surface area contributed by atoms with Gasteiger partial charge in [-0.3, -0.25) is 0 Å². The maximum atomic E-state index is 5.90. The standard InChI is InChI=1S/C10H9BrClN3/c1-15-5-4-13-10(15)14-7-2-3-9(12)8(11)6-7/h2-6H,1H3,(H,13,14).